The number of pyridine rings is 1. The lowest BCUT2D eigenvalue weighted by Crippen LogP contribution is -2.21. The number of hydrogen-bond acceptors (Lipinski definition) is 3. The largest absolute Gasteiger partial charge is 0.477 e. The average molecular weight is 300 g/mol. The van der Waals surface area contributed by atoms with Gasteiger partial charge in [-0.3, -0.25) is 4.79 Å². The number of halogens is 2. The van der Waals surface area contributed by atoms with Gasteiger partial charge in [-0.15, -0.1) is 11.8 Å². The first-order valence-corrected chi connectivity index (χ1v) is 6.78. The van der Waals surface area contributed by atoms with Gasteiger partial charge in [-0.1, -0.05) is 11.6 Å². The fourth-order valence-electron chi connectivity index (χ4n) is 2.18. The Morgan fingerprint density at radius 2 is 2.26 bits per heavy atom. The molecular weight excluding hydrogens is 293 g/mol. The zero-order valence-corrected chi connectivity index (χ0v) is 11.0. The molecule has 1 aliphatic heterocycles. The number of aromatic nitrogens is 1. The summed E-state index contributed by atoms with van der Waals surface area (Å²) in [4.78, 5) is 23.6. The fraction of sp³-hybridized carbons (Fsp3) is 0.167. The van der Waals surface area contributed by atoms with Crippen LogP contribution in [0.5, 0.6) is 0 Å². The van der Waals surface area contributed by atoms with Crippen molar-refractivity contribution in [1.29, 1.82) is 0 Å². The van der Waals surface area contributed by atoms with E-state index in [0.29, 0.717) is 22.7 Å². The Labute approximate surface area is 115 Å². The highest BCUT2D eigenvalue weighted by Crippen LogP contribution is 2.38. The van der Waals surface area contributed by atoms with Gasteiger partial charge in [0.1, 0.15) is 11.4 Å². The third-order valence-corrected chi connectivity index (χ3v) is 4.58. The van der Waals surface area contributed by atoms with Crippen LogP contribution in [-0.4, -0.2) is 21.4 Å². The topological polar surface area (TPSA) is 59.3 Å². The first-order valence-electron chi connectivity index (χ1n) is 5.42. The second-order valence-corrected chi connectivity index (χ2v) is 5.60. The highest BCUT2D eigenvalue weighted by Gasteiger charge is 2.23. The highest BCUT2D eigenvalue weighted by atomic mass is 35.5. The zero-order chi connectivity index (χ0) is 13.7. The number of rotatable bonds is 1. The molecule has 0 saturated heterocycles. The van der Waals surface area contributed by atoms with Crippen LogP contribution in [0, 0.1) is 5.82 Å². The SMILES string of the molecule is O=C(O)c1cn2c3c(c(Cl)c(F)cc3c1=O)SCC2. The lowest BCUT2D eigenvalue weighted by atomic mass is 10.1. The summed E-state index contributed by atoms with van der Waals surface area (Å²) in [6.07, 6.45) is 1.30. The Balaban J connectivity index is 2.55. The maximum absolute atomic E-state index is 13.7. The second kappa shape index (κ2) is 4.25. The number of carboxylic acids is 1. The van der Waals surface area contributed by atoms with E-state index >= 15 is 0 Å². The van der Waals surface area contributed by atoms with Gasteiger partial charge in [-0.05, 0) is 6.07 Å². The maximum atomic E-state index is 13.7. The van der Waals surface area contributed by atoms with Gasteiger partial charge >= 0.3 is 5.97 Å². The third-order valence-electron chi connectivity index (χ3n) is 3.02. The number of carbonyl (C=O) groups is 1. The summed E-state index contributed by atoms with van der Waals surface area (Å²) in [6.45, 7) is 0.552. The monoisotopic (exact) mass is 299 g/mol. The Kier molecular flexibility index (Phi) is 2.79. The normalized spacial score (nSPS) is 13.8. The molecule has 2 aromatic rings. The molecule has 0 bridgehead atoms. The molecule has 0 saturated carbocycles. The number of hydrogen-bond donors (Lipinski definition) is 1. The molecule has 0 atom stereocenters. The van der Waals surface area contributed by atoms with Crippen molar-refractivity contribution < 1.29 is 14.3 Å². The predicted molar refractivity (Wildman–Crippen MR) is 70.9 cm³/mol. The summed E-state index contributed by atoms with van der Waals surface area (Å²) in [7, 11) is 0. The van der Waals surface area contributed by atoms with Crippen molar-refractivity contribution in [2.24, 2.45) is 0 Å². The molecule has 1 N–H and O–H groups in total. The van der Waals surface area contributed by atoms with E-state index in [0.717, 1.165) is 6.07 Å². The van der Waals surface area contributed by atoms with Crippen LogP contribution in [0.4, 0.5) is 4.39 Å². The van der Waals surface area contributed by atoms with E-state index in [-0.39, 0.29) is 16.0 Å². The smallest absolute Gasteiger partial charge is 0.341 e. The first kappa shape index (κ1) is 12.5. The average Bonchev–Trinajstić information content (AvgIpc) is 2.38. The van der Waals surface area contributed by atoms with Crippen molar-refractivity contribution >= 4 is 40.2 Å². The summed E-state index contributed by atoms with van der Waals surface area (Å²) < 4.78 is 15.4. The Bertz CT molecular complexity index is 787. The van der Waals surface area contributed by atoms with Gasteiger partial charge in [0, 0.05) is 18.5 Å². The van der Waals surface area contributed by atoms with E-state index < -0.39 is 17.2 Å². The van der Waals surface area contributed by atoms with E-state index in [1.165, 1.54) is 18.0 Å². The first-order chi connectivity index (χ1) is 9.00. The second-order valence-electron chi connectivity index (χ2n) is 4.12. The minimum atomic E-state index is -1.31. The summed E-state index contributed by atoms with van der Waals surface area (Å²) in [6, 6.07) is 1.01. The van der Waals surface area contributed by atoms with Gasteiger partial charge in [-0.2, -0.15) is 0 Å². The van der Waals surface area contributed by atoms with Gasteiger partial charge in [-0.25, -0.2) is 9.18 Å². The Hall–Kier alpha value is -1.53. The van der Waals surface area contributed by atoms with Crippen LogP contribution < -0.4 is 5.43 Å². The summed E-state index contributed by atoms with van der Waals surface area (Å²) >= 11 is 7.27. The highest BCUT2D eigenvalue weighted by molar-refractivity contribution is 7.99. The van der Waals surface area contributed by atoms with Crippen LogP contribution >= 0.6 is 23.4 Å². The molecule has 1 aromatic carbocycles. The number of aryl methyl sites for hydroxylation is 1. The molecule has 0 unspecified atom stereocenters. The van der Waals surface area contributed by atoms with Crippen LogP contribution in [0.1, 0.15) is 10.4 Å². The summed E-state index contributed by atoms with van der Waals surface area (Å²) in [5, 5.41) is 9.06. The molecule has 0 amide bonds. The summed E-state index contributed by atoms with van der Waals surface area (Å²) in [5.74, 6) is -1.37. The molecule has 1 aliphatic rings. The van der Waals surface area contributed by atoms with Crippen LogP contribution in [-0.2, 0) is 6.54 Å². The minimum Gasteiger partial charge on any atom is -0.477 e. The predicted octanol–water partition coefficient (Wildman–Crippen LogP) is 2.60. The lowest BCUT2D eigenvalue weighted by molar-refractivity contribution is 0.0695. The van der Waals surface area contributed by atoms with Gasteiger partial charge < -0.3 is 9.67 Å². The molecule has 98 valence electrons. The maximum Gasteiger partial charge on any atom is 0.341 e. The molecule has 3 rings (SSSR count). The molecule has 0 spiro atoms. The number of nitrogens with zero attached hydrogens (tertiary/aromatic N) is 1. The van der Waals surface area contributed by atoms with Gasteiger partial charge in [0.15, 0.2) is 0 Å². The van der Waals surface area contributed by atoms with Crippen molar-refractivity contribution in [3.8, 4) is 0 Å². The molecule has 0 fully saturated rings. The number of thioether (sulfide) groups is 1. The van der Waals surface area contributed by atoms with Crippen LogP contribution in [0.3, 0.4) is 0 Å². The zero-order valence-electron chi connectivity index (χ0n) is 9.44. The molecule has 2 heterocycles. The molecule has 19 heavy (non-hydrogen) atoms. The minimum absolute atomic E-state index is 0.0200. The molecule has 7 heteroatoms. The molecule has 1 aromatic heterocycles. The summed E-state index contributed by atoms with van der Waals surface area (Å²) in [5.41, 5.74) is -0.525. The lowest BCUT2D eigenvalue weighted by Gasteiger charge is -2.21. The molecule has 0 aliphatic carbocycles. The van der Waals surface area contributed by atoms with E-state index in [9.17, 15) is 14.0 Å². The van der Waals surface area contributed by atoms with Gasteiger partial charge in [0.05, 0.1) is 20.8 Å². The third kappa shape index (κ3) is 1.74. The number of aromatic carboxylic acids is 1. The van der Waals surface area contributed by atoms with Gasteiger partial charge in [0.25, 0.3) is 0 Å². The Morgan fingerprint density at radius 3 is 2.95 bits per heavy atom. The van der Waals surface area contributed by atoms with Crippen LogP contribution in [0.25, 0.3) is 10.9 Å². The van der Waals surface area contributed by atoms with Crippen molar-refractivity contribution in [1.82, 2.24) is 4.57 Å². The number of carboxylic acid groups (broad SMARTS) is 1. The fourth-order valence-corrected chi connectivity index (χ4v) is 3.57. The van der Waals surface area contributed by atoms with E-state index in [1.54, 1.807) is 4.57 Å². The molecule has 4 nitrogen and oxygen atoms in total. The molecule has 0 radical (unpaired) electrons. The van der Waals surface area contributed by atoms with Crippen molar-refractivity contribution in [2.45, 2.75) is 11.4 Å². The van der Waals surface area contributed by atoms with Gasteiger partial charge in [0.2, 0.25) is 5.43 Å². The van der Waals surface area contributed by atoms with E-state index in [1.807, 2.05) is 0 Å². The Morgan fingerprint density at radius 1 is 1.53 bits per heavy atom. The number of benzene rings is 1. The van der Waals surface area contributed by atoms with Crippen molar-refractivity contribution in [3.63, 3.8) is 0 Å². The van der Waals surface area contributed by atoms with Crippen molar-refractivity contribution in [2.75, 3.05) is 5.75 Å². The standard InChI is InChI=1S/C12H7ClFNO3S/c13-8-7(14)3-5-9-11(8)19-2-1-15(9)4-6(10(5)16)12(17)18/h3-4H,1-2H2,(H,17,18). The quantitative estimate of drug-likeness (QED) is 0.879. The van der Waals surface area contributed by atoms with E-state index in [2.05, 4.69) is 0 Å². The molecular formula is C12H7ClFNO3S. The van der Waals surface area contributed by atoms with Crippen LogP contribution in [0.2, 0.25) is 5.02 Å². The van der Waals surface area contributed by atoms with Crippen molar-refractivity contribution in [3.05, 3.63) is 38.9 Å². The van der Waals surface area contributed by atoms with Crippen LogP contribution in [0.15, 0.2) is 22.0 Å². The van der Waals surface area contributed by atoms with E-state index in [4.69, 9.17) is 16.7 Å².